The maximum absolute atomic E-state index is 11.2. The summed E-state index contributed by atoms with van der Waals surface area (Å²) in [6, 6.07) is -0.611. The lowest BCUT2D eigenvalue weighted by atomic mass is 10.3. The minimum absolute atomic E-state index is 0.287. The number of carbonyl (C=O) groups excluding carboxylic acids is 2. The molecule has 1 amide bonds. The fourth-order valence-corrected chi connectivity index (χ4v) is 1.13. The van der Waals surface area contributed by atoms with Crippen molar-refractivity contribution in [1.29, 1.82) is 0 Å². The lowest BCUT2D eigenvalue weighted by Crippen LogP contribution is -2.52. The molecule has 0 rings (SSSR count). The number of amides is 1. The summed E-state index contributed by atoms with van der Waals surface area (Å²) in [5, 5.41) is 2.31. The van der Waals surface area contributed by atoms with Gasteiger partial charge in [0.15, 0.2) is 5.78 Å². The molecule has 0 aliphatic rings. The summed E-state index contributed by atoms with van der Waals surface area (Å²) in [6.45, 7) is 1.31. The van der Waals surface area contributed by atoms with E-state index in [9.17, 15) is 9.59 Å². The van der Waals surface area contributed by atoms with E-state index in [1.807, 2.05) is 6.26 Å². The third kappa shape index (κ3) is 4.87. The third-order valence-corrected chi connectivity index (χ3v) is 2.11. The Balaban J connectivity index is 3.92. The molecule has 2 unspecified atom stereocenters. The van der Waals surface area contributed by atoms with Crippen molar-refractivity contribution >= 4 is 23.5 Å². The van der Waals surface area contributed by atoms with Gasteiger partial charge in [-0.15, -0.1) is 0 Å². The van der Waals surface area contributed by atoms with Gasteiger partial charge >= 0.3 is 0 Å². The molecule has 0 heterocycles. The molecule has 0 fully saturated rings. The first-order valence-corrected chi connectivity index (χ1v) is 5.19. The van der Waals surface area contributed by atoms with Crippen molar-refractivity contribution in [2.24, 2.45) is 11.5 Å². The maximum atomic E-state index is 11.2. The van der Waals surface area contributed by atoms with E-state index in [4.69, 9.17) is 11.5 Å². The molecule has 0 spiro atoms. The normalized spacial score (nSPS) is 14.8. The van der Waals surface area contributed by atoms with Crippen LogP contribution in [0.3, 0.4) is 0 Å². The second kappa shape index (κ2) is 5.95. The molecule has 13 heavy (non-hydrogen) atoms. The van der Waals surface area contributed by atoms with Gasteiger partial charge in [-0.1, -0.05) is 0 Å². The molecule has 0 aromatic carbocycles. The summed E-state index contributed by atoms with van der Waals surface area (Å²) in [7, 11) is 0. The number of Topliss-reactive ketones (excluding diaryl/α,β-unsaturated/α-hetero) is 1. The lowest BCUT2D eigenvalue weighted by Gasteiger charge is -2.14. The van der Waals surface area contributed by atoms with Gasteiger partial charge in [0.25, 0.3) is 0 Å². The first-order chi connectivity index (χ1) is 5.99. The first kappa shape index (κ1) is 12.4. The standard InChI is InChI=1S/C7H15N3O2S/c1-4(11)6(9)10-7(12)5(8)3-13-2/h5-6H,3,8-9H2,1-2H3,(H,10,12). The summed E-state index contributed by atoms with van der Waals surface area (Å²) in [6.07, 6.45) is 0.901. The van der Waals surface area contributed by atoms with Gasteiger partial charge in [0.05, 0.1) is 6.04 Å². The predicted molar refractivity (Wildman–Crippen MR) is 53.2 cm³/mol. The second-order valence-corrected chi connectivity index (χ2v) is 3.57. The molecule has 0 bridgehead atoms. The van der Waals surface area contributed by atoms with Crippen LogP contribution in [0.25, 0.3) is 0 Å². The third-order valence-electron chi connectivity index (χ3n) is 1.42. The van der Waals surface area contributed by atoms with Crippen LogP contribution in [0.4, 0.5) is 0 Å². The quantitative estimate of drug-likeness (QED) is 0.483. The zero-order valence-electron chi connectivity index (χ0n) is 7.74. The van der Waals surface area contributed by atoms with Gasteiger partial charge in [0, 0.05) is 5.75 Å². The van der Waals surface area contributed by atoms with Gasteiger partial charge in [-0.05, 0) is 13.2 Å². The molecule has 0 aliphatic heterocycles. The summed E-state index contributed by atoms with van der Waals surface area (Å²) >= 11 is 1.46. The molecule has 5 N–H and O–H groups in total. The van der Waals surface area contributed by atoms with Gasteiger partial charge in [-0.25, -0.2) is 0 Å². The number of hydrogen-bond acceptors (Lipinski definition) is 5. The molecule has 0 aromatic rings. The van der Waals surface area contributed by atoms with Crippen molar-refractivity contribution in [3.8, 4) is 0 Å². The smallest absolute Gasteiger partial charge is 0.239 e. The van der Waals surface area contributed by atoms with E-state index in [2.05, 4.69) is 5.32 Å². The Bertz CT molecular complexity index is 198. The highest BCUT2D eigenvalue weighted by Gasteiger charge is 2.17. The van der Waals surface area contributed by atoms with Crippen LogP contribution >= 0.6 is 11.8 Å². The first-order valence-electron chi connectivity index (χ1n) is 3.80. The average molecular weight is 205 g/mol. The number of nitrogens with two attached hydrogens (primary N) is 2. The fourth-order valence-electron chi connectivity index (χ4n) is 0.617. The van der Waals surface area contributed by atoms with Gasteiger partial charge in [-0.2, -0.15) is 11.8 Å². The summed E-state index contributed by atoms with van der Waals surface area (Å²) < 4.78 is 0. The molecule has 0 aromatic heterocycles. The number of nitrogens with one attached hydrogen (secondary N) is 1. The van der Waals surface area contributed by atoms with E-state index in [-0.39, 0.29) is 5.78 Å². The second-order valence-electron chi connectivity index (χ2n) is 2.66. The molecular weight excluding hydrogens is 190 g/mol. The highest BCUT2D eigenvalue weighted by atomic mass is 32.2. The zero-order valence-corrected chi connectivity index (χ0v) is 8.56. The molecule has 0 saturated carbocycles. The van der Waals surface area contributed by atoms with Crippen LogP contribution in [-0.4, -0.2) is 35.9 Å². The van der Waals surface area contributed by atoms with E-state index in [0.29, 0.717) is 5.75 Å². The minimum atomic E-state index is -0.944. The van der Waals surface area contributed by atoms with Crippen LogP contribution in [0.15, 0.2) is 0 Å². The van der Waals surface area contributed by atoms with Crippen molar-refractivity contribution < 1.29 is 9.59 Å². The summed E-state index contributed by atoms with van der Waals surface area (Å²) in [5.41, 5.74) is 10.8. The Labute approximate surface area is 81.6 Å². The molecule has 5 nitrogen and oxygen atoms in total. The highest BCUT2D eigenvalue weighted by molar-refractivity contribution is 7.98. The molecule has 0 aliphatic carbocycles. The number of carbonyl (C=O) groups is 2. The molecular formula is C7H15N3O2S. The largest absolute Gasteiger partial charge is 0.333 e. The van der Waals surface area contributed by atoms with Crippen LogP contribution in [-0.2, 0) is 9.59 Å². The van der Waals surface area contributed by atoms with Crippen LogP contribution < -0.4 is 16.8 Å². The average Bonchev–Trinajstić information content (AvgIpc) is 2.04. The van der Waals surface area contributed by atoms with Crippen molar-refractivity contribution in [3.63, 3.8) is 0 Å². The van der Waals surface area contributed by atoms with Crippen LogP contribution in [0, 0.1) is 0 Å². The predicted octanol–water partition coefficient (Wildman–Crippen LogP) is -1.33. The van der Waals surface area contributed by atoms with Crippen molar-refractivity contribution in [2.75, 3.05) is 12.0 Å². The molecule has 0 saturated heterocycles. The number of ketones is 1. The number of hydrogen-bond donors (Lipinski definition) is 3. The van der Waals surface area contributed by atoms with E-state index in [0.717, 1.165) is 0 Å². The number of thioether (sulfide) groups is 1. The monoisotopic (exact) mass is 205 g/mol. The van der Waals surface area contributed by atoms with Gasteiger partial charge < -0.3 is 16.8 Å². The minimum Gasteiger partial charge on any atom is -0.333 e. The molecule has 2 atom stereocenters. The number of rotatable bonds is 5. The van der Waals surface area contributed by atoms with E-state index in [1.165, 1.54) is 18.7 Å². The maximum Gasteiger partial charge on any atom is 0.239 e. The van der Waals surface area contributed by atoms with E-state index < -0.39 is 18.1 Å². The van der Waals surface area contributed by atoms with Gasteiger partial charge in [0.2, 0.25) is 5.91 Å². The Morgan fingerprint density at radius 1 is 1.46 bits per heavy atom. The van der Waals surface area contributed by atoms with Crippen LogP contribution in [0.5, 0.6) is 0 Å². The Kier molecular flexibility index (Phi) is 5.68. The van der Waals surface area contributed by atoms with Crippen LogP contribution in [0.2, 0.25) is 0 Å². The SMILES string of the molecule is CSCC(N)C(=O)NC(N)C(C)=O. The van der Waals surface area contributed by atoms with E-state index in [1.54, 1.807) is 0 Å². The summed E-state index contributed by atoms with van der Waals surface area (Å²) in [4.78, 5) is 21.8. The molecule has 6 heteroatoms. The molecule has 76 valence electrons. The fraction of sp³-hybridized carbons (Fsp3) is 0.714. The van der Waals surface area contributed by atoms with Crippen molar-refractivity contribution in [3.05, 3.63) is 0 Å². The molecule has 0 radical (unpaired) electrons. The summed E-state index contributed by atoms with van der Waals surface area (Å²) in [5.74, 6) is -0.169. The highest BCUT2D eigenvalue weighted by Crippen LogP contribution is 1.94. The Morgan fingerprint density at radius 3 is 2.38 bits per heavy atom. The van der Waals surface area contributed by atoms with Crippen LogP contribution in [0.1, 0.15) is 6.92 Å². The van der Waals surface area contributed by atoms with Gasteiger partial charge in [0.1, 0.15) is 6.17 Å². The van der Waals surface area contributed by atoms with E-state index >= 15 is 0 Å². The topological polar surface area (TPSA) is 98.2 Å². The zero-order chi connectivity index (χ0) is 10.4. The Hall–Kier alpha value is -0.590. The van der Waals surface area contributed by atoms with Gasteiger partial charge in [-0.3, -0.25) is 9.59 Å². The Morgan fingerprint density at radius 2 is 2.00 bits per heavy atom. The van der Waals surface area contributed by atoms with Crippen molar-refractivity contribution in [2.45, 2.75) is 19.1 Å². The lowest BCUT2D eigenvalue weighted by molar-refractivity contribution is -0.127. The van der Waals surface area contributed by atoms with Crippen molar-refractivity contribution in [1.82, 2.24) is 5.32 Å².